The molecule has 0 unspecified atom stereocenters. The van der Waals surface area contributed by atoms with E-state index in [1.54, 1.807) is 28.4 Å². The Bertz CT molecular complexity index is 900. The summed E-state index contributed by atoms with van der Waals surface area (Å²) in [5.74, 6) is 2.22. The van der Waals surface area contributed by atoms with Crippen molar-refractivity contribution in [2.24, 2.45) is 0 Å². The summed E-state index contributed by atoms with van der Waals surface area (Å²) in [5.41, 5.74) is 4.01. The molecule has 0 aliphatic carbocycles. The maximum Gasteiger partial charge on any atom is 0.252 e. The zero-order valence-electron chi connectivity index (χ0n) is 16.1. The number of ether oxygens (including phenoxy) is 4. The van der Waals surface area contributed by atoms with Crippen molar-refractivity contribution in [3.8, 4) is 23.0 Å². The Morgan fingerprint density at radius 2 is 1.59 bits per heavy atom. The lowest BCUT2D eigenvalue weighted by atomic mass is 9.88. The number of allylic oxidation sites excluding steroid dienone is 1. The van der Waals surface area contributed by atoms with Gasteiger partial charge in [-0.25, -0.2) is 0 Å². The van der Waals surface area contributed by atoms with Gasteiger partial charge in [-0.05, 0) is 36.3 Å². The normalized spacial score (nSPS) is 14.8. The molecule has 0 aromatic heterocycles. The zero-order valence-corrected chi connectivity index (χ0v) is 16.1. The van der Waals surface area contributed by atoms with Crippen LogP contribution in [0.4, 0.5) is 0 Å². The highest BCUT2D eigenvalue weighted by Crippen LogP contribution is 2.46. The van der Waals surface area contributed by atoms with Gasteiger partial charge in [0.1, 0.15) is 5.75 Å². The second-order valence-corrected chi connectivity index (χ2v) is 6.08. The van der Waals surface area contributed by atoms with E-state index in [-0.39, 0.29) is 5.91 Å². The Kier molecular flexibility index (Phi) is 5.26. The van der Waals surface area contributed by atoms with E-state index in [4.69, 9.17) is 18.9 Å². The summed E-state index contributed by atoms with van der Waals surface area (Å²) in [6.07, 6.45) is 0. The molecule has 0 atom stereocenters. The monoisotopic (exact) mass is 369 g/mol. The third kappa shape index (κ3) is 3.18. The summed E-state index contributed by atoms with van der Waals surface area (Å²) in [5, 5.41) is 2.93. The Labute approximate surface area is 158 Å². The molecular formula is C21H23NO5. The van der Waals surface area contributed by atoms with E-state index >= 15 is 0 Å². The predicted molar refractivity (Wildman–Crippen MR) is 103 cm³/mol. The number of amides is 1. The summed E-state index contributed by atoms with van der Waals surface area (Å²) in [4.78, 5) is 12.7. The van der Waals surface area contributed by atoms with Crippen LogP contribution >= 0.6 is 0 Å². The highest BCUT2D eigenvalue weighted by atomic mass is 16.5. The molecule has 1 aliphatic rings. The molecule has 1 aliphatic heterocycles. The molecule has 0 radical (unpaired) electrons. The van der Waals surface area contributed by atoms with Gasteiger partial charge < -0.3 is 24.3 Å². The highest BCUT2D eigenvalue weighted by molar-refractivity contribution is 6.28. The average Bonchev–Trinajstić information content (AvgIpc) is 2.71. The Balaban J connectivity index is 2.25. The van der Waals surface area contributed by atoms with Crippen molar-refractivity contribution in [3.63, 3.8) is 0 Å². The quantitative estimate of drug-likeness (QED) is 0.820. The molecule has 0 fully saturated rings. The van der Waals surface area contributed by atoms with Crippen LogP contribution in [0.1, 0.15) is 23.6 Å². The third-order valence-electron chi connectivity index (χ3n) is 4.75. The van der Waals surface area contributed by atoms with E-state index in [1.165, 1.54) is 0 Å². The topological polar surface area (TPSA) is 66.0 Å². The molecular weight excluding hydrogens is 346 g/mol. The maximum atomic E-state index is 12.7. The molecule has 0 saturated carbocycles. The van der Waals surface area contributed by atoms with Crippen LogP contribution in [-0.2, 0) is 11.3 Å². The van der Waals surface area contributed by atoms with Crippen molar-refractivity contribution >= 4 is 17.1 Å². The first kappa shape index (κ1) is 18.6. The minimum Gasteiger partial charge on any atom is -0.497 e. The molecule has 0 bridgehead atoms. The largest absolute Gasteiger partial charge is 0.497 e. The molecule has 2 aromatic carbocycles. The van der Waals surface area contributed by atoms with Crippen LogP contribution in [0.25, 0.3) is 11.1 Å². The fraction of sp³-hybridized carbons (Fsp3) is 0.286. The van der Waals surface area contributed by atoms with Gasteiger partial charge >= 0.3 is 0 Å². The predicted octanol–water partition coefficient (Wildman–Crippen LogP) is 3.28. The molecule has 1 amide bonds. The number of fused-ring (bicyclic) bond motifs is 1. The molecule has 6 heteroatoms. The second kappa shape index (κ2) is 7.61. The van der Waals surface area contributed by atoms with Crippen LogP contribution in [0.3, 0.4) is 0 Å². The minimum absolute atomic E-state index is 0.134. The Morgan fingerprint density at radius 3 is 2.15 bits per heavy atom. The minimum atomic E-state index is -0.134. The van der Waals surface area contributed by atoms with Crippen molar-refractivity contribution in [1.29, 1.82) is 0 Å². The summed E-state index contributed by atoms with van der Waals surface area (Å²) in [6, 6.07) is 9.44. The van der Waals surface area contributed by atoms with E-state index in [2.05, 4.69) is 5.32 Å². The van der Waals surface area contributed by atoms with E-state index in [1.807, 2.05) is 37.3 Å². The number of nitrogens with one attached hydrogen (secondary N) is 1. The van der Waals surface area contributed by atoms with Crippen molar-refractivity contribution in [3.05, 3.63) is 47.0 Å². The first-order valence-electron chi connectivity index (χ1n) is 8.51. The van der Waals surface area contributed by atoms with Gasteiger partial charge in [0.2, 0.25) is 5.75 Å². The molecule has 6 nitrogen and oxygen atoms in total. The molecule has 3 rings (SSSR count). The first-order chi connectivity index (χ1) is 13.0. The summed E-state index contributed by atoms with van der Waals surface area (Å²) < 4.78 is 21.7. The van der Waals surface area contributed by atoms with Gasteiger partial charge in [0.05, 0.1) is 34.0 Å². The fourth-order valence-corrected chi connectivity index (χ4v) is 3.35. The number of carbonyl (C=O) groups excluding carboxylic acids is 1. The summed E-state index contributed by atoms with van der Waals surface area (Å²) in [6.45, 7) is 2.28. The second-order valence-electron chi connectivity index (χ2n) is 6.08. The number of hydrogen-bond acceptors (Lipinski definition) is 5. The number of carbonyl (C=O) groups is 1. The van der Waals surface area contributed by atoms with Crippen LogP contribution in [0.2, 0.25) is 0 Å². The smallest absolute Gasteiger partial charge is 0.252 e. The van der Waals surface area contributed by atoms with Gasteiger partial charge in [-0.15, -0.1) is 0 Å². The van der Waals surface area contributed by atoms with Crippen molar-refractivity contribution < 1.29 is 23.7 Å². The number of methoxy groups -OCH3 is 4. The molecule has 1 N–H and O–H groups in total. The standard InChI is InChI=1S/C21H23NO5/c1-12(13-6-8-14(24-2)9-7-13)18-15-10-17(25-3)20(27-5)19(26-4)16(15)11-22-21(18)23/h6-10H,11H2,1-5H3,(H,22,23)/b18-12+. The fourth-order valence-electron chi connectivity index (χ4n) is 3.35. The Morgan fingerprint density at radius 1 is 0.926 bits per heavy atom. The van der Waals surface area contributed by atoms with E-state index in [9.17, 15) is 4.79 Å². The molecule has 0 spiro atoms. The summed E-state index contributed by atoms with van der Waals surface area (Å²) in [7, 11) is 6.32. The van der Waals surface area contributed by atoms with Gasteiger partial charge in [0.15, 0.2) is 11.5 Å². The number of rotatable bonds is 5. The van der Waals surface area contributed by atoms with Gasteiger partial charge in [-0.3, -0.25) is 4.79 Å². The van der Waals surface area contributed by atoms with Crippen LogP contribution in [0.15, 0.2) is 30.3 Å². The van der Waals surface area contributed by atoms with Crippen molar-refractivity contribution in [2.45, 2.75) is 13.5 Å². The molecule has 0 saturated heterocycles. The van der Waals surface area contributed by atoms with Gasteiger partial charge in [-0.2, -0.15) is 0 Å². The maximum absolute atomic E-state index is 12.7. The van der Waals surface area contributed by atoms with Crippen molar-refractivity contribution in [1.82, 2.24) is 5.32 Å². The van der Waals surface area contributed by atoms with Crippen LogP contribution in [-0.4, -0.2) is 34.3 Å². The molecule has 142 valence electrons. The van der Waals surface area contributed by atoms with Gasteiger partial charge in [0.25, 0.3) is 5.91 Å². The molecule has 27 heavy (non-hydrogen) atoms. The SMILES string of the molecule is COc1ccc(/C(C)=C2/C(=O)NCc3c2cc(OC)c(OC)c3OC)cc1. The number of hydrogen-bond donors (Lipinski definition) is 1. The molecule has 1 heterocycles. The van der Waals surface area contributed by atoms with Gasteiger partial charge in [-0.1, -0.05) is 12.1 Å². The van der Waals surface area contributed by atoms with Crippen LogP contribution < -0.4 is 24.3 Å². The lowest BCUT2D eigenvalue weighted by Crippen LogP contribution is -2.30. The molecule has 2 aromatic rings. The average molecular weight is 369 g/mol. The summed E-state index contributed by atoms with van der Waals surface area (Å²) >= 11 is 0. The lowest BCUT2D eigenvalue weighted by molar-refractivity contribution is -0.116. The van der Waals surface area contributed by atoms with E-state index < -0.39 is 0 Å². The van der Waals surface area contributed by atoms with Crippen LogP contribution in [0, 0.1) is 0 Å². The zero-order chi connectivity index (χ0) is 19.6. The highest BCUT2D eigenvalue weighted by Gasteiger charge is 2.30. The van der Waals surface area contributed by atoms with Gasteiger partial charge in [0, 0.05) is 17.7 Å². The van der Waals surface area contributed by atoms with Crippen molar-refractivity contribution in [2.75, 3.05) is 28.4 Å². The van der Waals surface area contributed by atoms with Crippen LogP contribution in [0.5, 0.6) is 23.0 Å². The first-order valence-corrected chi connectivity index (χ1v) is 8.51. The van der Waals surface area contributed by atoms with E-state index in [0.29, 0.717) is 29.4 Å². The lowest BCUT2D eigenvalue weighted by Gasteiger charge is -2.26. The Hall–Kier alpha value is -3.15. The van der Waals surface area contributed by atoms with E-state index in [0.717, 1.165) is 28.0 Å². The number of benzene rings is 2. The third-order valence-corrected chi connectivity index (χ3v) is 4.75.